The monoisotopic (exact) mass is 729 g/mol. The van der Waals surface area contributed by atoms with Crippen LogP contribution in [-0.2, 0) is 37.8 Å². The molecule has 0 spiro atoms. The van der Waals surface area contributed by atoms with E-state index in [1.807, 2.05) is 48.5 Å². The third-order valence-corrected chi connectivity index (χ3v) is 10.7. The van der Waals surface area contributed by atoms with Crippen LogP contribution in [0.3, 0.4) is 0 Å². The summed E-state index contributed by atoms with van der Waals surface area (Å²) in [7, 11) is 0. The molecule has 3 aromatic carbocycles. The second-order valence-corrected chi connectivity index (χ2v) is 14.2. The van der Waals surface area contributed by atoms with Crippen LogP contribution in [0.1, 0.15) is 72.8 Å². The summed E-state index contributed by atoms with van der Waals surface area (Å²) in [5, 5.41) is 24.3. The molecule has 3 heterocycles. The lowest BCUT2D eigenvalue weighted by Gasteiger charge is -2.45. The number of carbonyl (C=O) groups is 2. The molecular weight excluding hydrogens is 687 g/mol. The lowest BCUT2D eigenvalue weighted by atomic mass is 9.84. The Morgan fingerprint density at radius 3 is 2.18 bits per heavy atom. The molecule has 0 bridgehead atoms. The first-order chi connectivity index (χ1) is 24.3. The zero-order valence-corrected chi connectivity index (χ0v) is 29.1. The smallest absolute Gasteiger partial charge is 0.392 e. The van der Waals surface area contributed by atoms with Gasteiger partial charge >= 0.3 is 12.1 Å². The molecule has 3 fully saturated rings. The third-order valence-electron chi connectivity index (χ3n) is 10.4. The maximum atomic E-state index is 13.0. The Morgan fingerprint density at radius 1 is 0.922 bits per heavy atom. The standard InChI is InChI=1S/C38H43ClF3N3O6/c1-24-32(22-44-19-16-37(49,17-20-44)29-12-14-30(39)15-13-29)50-35(51-33(24)27-8-6-26(23-46)7-9-27)28-10-4-25(5-11-28)21-43-34(47)31-3-2-18-45(31)36(48)38(40,41)42/h4-15,24,31-33,35,46,49H,2-3,16-23H2,1H3,(H,43,47). The van der Waals surface area contributed by atoms with Crippen molar-refractivity contribution in [3.63, 3.8) is 0 Å². The number of aliphatic hydroxyl groups excluding tert-OH is 1. The minimum Gasteiger partial charge on any atom is -0.392 e. The maximum Gasteiger partial charge on any atom is 0.471 e. The Bertz CT molecular complexity index is 1650. The number of nitrogens with zero attached hydrogens (tertiary/aromatic N) is 2. The van der Waals surface area contributed by atoms with E-state index in [4.69, 9.17) is 21.1 Å². The number of benzene rings is 3. The first-order valence-corrected chi connectivity index (χ1v) is 17.7. The molecule has 51 heavy (non-hydrogen) atoms. The van der Waals surface area contributed by atoms with Crippen LogP contribution in [0.4, 0.5) is 13.2 Å². The van der Waals surface area contributed by atoms with Crippen LogP contribution in [0.5, 0.6) is 0 Å². The average molecular weight is 730 g/mol. The molecule has 3 aliphatic heterocycles. The molecule has 5 atom stereocenters. The number of piperidine rings is 1. The number of likely N-dealkylation sites (tertiary alicyclic amines) is 2. The van der Waals surface area contributed by atoms with Crippen LogP contribution >= 0.6 is 11.6 Å². The zero-order valence-electron chi connectivity index (χ0n) is 28.3. The molecular formula is C38H43ClF3N3O6. The summed E-state index contributed by atoms with van der Waals surface area (Å²) in [6.45, 7) is 3.98. The van der Waals surface area contributed by atoms with Gasteiger partial charge in [0.1, 0.15) is 6.04 Å². The van der Waals surface area contributed by atoms with Crippen molar-refractivity contribution in [1.82, 2.24) is 15.1 Å². The molecule has 0 aromatic heterocycles. The summed E-state index contributed by atoms with van der Waals surface area (Å²) in [6, 6.07) is 21.1. The molecule has 0 aliphatic carbocycles. The number of alkyl halides is 3. The topological polar surface area (TPSA) is 112 Å². The molecule has 6 rings (SSSR count). The maximum absolute atomic E-state index is 13.0. The van der Waals surface area contributed by atoms with Crippen molar-refractivity contribution < 1.29 is 42.4 Å². The minimum atomic E-state index is -5.03. The van der Waals surface area contributed by atoms with E-state index in [1.54, 1.807) is 24.3 Å². The SMILES string of the molecule is CC1C(CN2CCC(O)(c3ccc(Cl)cc3)CC2)OC(c2ccc(CNC(=O)C3CCCN3C(=O)C(F)(F)F)cc2)OC1c1ccc(CO)cc1. The molecule has 13 heteroatoms. The summed E-state index contributed by atoms with van der Waals surface area (Å²) in [5.41, 5.74) is 3.15. The third kappa shape index (κ3) is 8.59. The number of ether oxygens (including phenoxy) is 2. The summed E-state index contributed by atoms with van der Waals surface area (Å²) in [6.07, 6.45) is -4.65. The van der Waals surface area contributed by atoms with Gasteiger partial charge in [0, 0.05) is 49.2 Å². The van der Waals surface area contributed by atoms with Crippen LogP contribution < -0.4 is 5.32 Å². The number of hydrogen-bond acceptors (Lipinski definition) is 7. The fourth-order valence-electron chi connectivity index (χ4n) is 7.28. The Labute approximate surface area is 300 Å². The Hall–Kier alpha value is -3.52. The predicted molar refractivity (Wildman–Crippen MR) is 183 cm³/mol. The summed E-state index contributed by atoms with van der Waals surface area (Å²) < 4.78 is 52.3. The van der Waals surface area contributed by atoms with Crippen LogP contribution in [0, 0.1) is 5.92 Å². The number of carbonyl (C=O) groups excluding carboxylic acids is 2. The molecule has 5 unspecified atom stereocenters. The van der Waals surface area contributed by atoms with E-state index >= 15 is 0 Å². The number of aliphatic hydroxyl groups is 2. The molecule has 3 saturated heterocycles. The Kier molecular flexibility index (Phi) is 11.4. The van der Waals surface area contributed by atoms with Crippen molar-refractivity contribution in [3.05, 3.63) is 106 Å². The first kappa shape index (κ1) is 37.2. The fourth-order valence-corrected chi connectivity index (χ4v) is 7.41. The summed E-state index contributed by atoms with van der Waals surface area (Å²) in [4.78, 5) is 27.5. The van der Waals surface area contributed by atoms with Crippen LogP contribution in [0.25, 0.3) is 0 Å². The molecule has 2 amide bonds. The zero-order chi connectivity index (χ0) is 36.3. The van der Waals surface area contributed by atoms with Gasteiger partial charge in [0.05, 0.1) is 24.4 Å². The van der Waals surface area contributed by atoms with Crippen molar-refractivity contribution in [1.29, 1.82) is 0 Å². The molecule has 9 nitrogen and oxygen atoms in total. The highest BCUT2D eigenvalue weighted by atomic mass is 35.5. The van der Waals surface area contributed by atoms with E-state index in [2.05, 4.69) is 17.1 Å². The number of halogens is 4. The minimum absolute atomic E-state index is 0.0350. The number of rotatable bonds is 9. The van der Waals surface area contributed by atoms with Gasteiger partial charge in [-0.3, -0.25) is 9.59 Å². The van der Waals surface area contributed by atoms with E-state index in [9.17, 15) is 33.0 Å². The highest BCUT2D eigenvalue weighted by molar-refractivity contribution is 6.30. The Balaban J connectivity index is 1.12. The van der Waals surface area contributed by atoms with Gasteiger partial charge in [-0.05, 0) is 60.1 Å². The molecule has 3 aromatic rings. The van der Waals surface area contributed by atoms with Crippen molar-refractivity contribution in [2.24, 2.45) is 5.92 Å². The number of nitrogens with one attached hydrogen (secondary N) is 1. The van der Waals surface area contributed by atoms with Crippen LogP contribution in [0.15, 0.2) is 72.8 Å². The number of amides is 2. The lowest BCUT2D eigenvalue weighted by Crippen LogP contribution is -2.50. The van der Waals surface area contributed by atoms with Gasteiger partial charge in [0.2, 0.25) is 5.91 Å². The van der Waals surface area contributed by atoms with E-state index in [0.717, 1.165) is 27.8 Å². The lowest BCUT2D eigenvalue weighted by molar-refractivity contribution is -0.277. The van der Waals surface area contributed by atoms with E-state index < -0.39 is 35.9 Å². The van der Waals surface area contributed by atoms with E-state index in [0.29, 0.717) is 48.8 Å². The van der Waals surface area contributed by atoms with Crippen molar-refractivity contribution in [2.45, 2.75) is 82.1 Å². The largest absolute Gasteiger partial charge is 0.471 e. The van der Waals surface area contributed by atoms with E-state index in [-0.39, 0.29) is 44.2 Å². The molecule has 0 radical (unpaired) electrons. The molecule has 3 aliphatic rings. The summed E-state index contributed by atoms with van der Waals surface area (Å²) in [5.74, 6) is -2.65. The van der Waals surface area contributed by atoms with E-state index in [1.165, 1.54) is 0 Å². The normalized spacial score (nSPS) is 25.5. The molecule has 274 valence electrons. The average Bonchev–Trinajstić information content (AvgIpc) is 3.62. The fraction of sp³-hybridized carbons (Fsp3) is 0.474. The Morgan fingerprint density at radius 2 is 1.55 bits per heavy atom. The highest BCUT2D eigenvalue weighted by Crippen LogP contribution is 2.43. The highest BCUT2D eigenvalue weighted by Gasteiger charge is 2.47. The van der Waals surface area contributed by atoms with Gasteiger partial charge in [0.15, 0.2) is 6.29 Å². The van der Waals surface area contributed by atoms with Gasteiger partial charge in [-0.15, -0.1) is 0 Å². The number of hydrogen-bond donors (Lipinski definition) is 3. The second kappa shape index (κ2) is 15.6. The quantitative estimate of drug-likeness (QED) is 0.256. The summed E-state index contributed by atoms with van der Waals surface area (Å²) >= 11 is 6.07. The van der Waals surface area contributed by atoms with Gasteiger partial charge in [-0.1, -0.05) is 79.2 Å². The van der Waals surface area contributed by atoms with Gasteiger partial charge in [-0.2, -0.15) is 13.2 Å². The molecule has 3 N–H and O–H groups in total. The van der Waals surface area contributed by atoms with Gasteiger partial charge in [0.25, 0.3) is 0 Å². The second-order valence-electron chi connectivity index (χ2n) is 13.8. The first-order valence-electron chi connectivity index (χ1n) is 17.3. The van der Waals surface area contributed by atoms with Crippen molar-refractivity contribution in [3.8, 4) is 0 Å². The van der Waals surface area contributed by atoms with Crippen molar-refractivity contribution >= 4 is 23.4 Å². The van der Waals surface area contributed by atoms with Crippen LogP contribution in [0.2, 0.25) is 5.02 Å². The van der Waals surface area contributed by atoms with Crippen LogP contribution in [-0.4, -0.2) is 76.3 Å². The molecule has 0 saturated carbocycles. The van der Waals surface area contributed by atoms with Gasteiger partial charge in [-0.25, -0.2) is 0 Å². The van der Waals surface area contributed by atoms with Gasteiger partial charge < -0.3 is 34.8 Å². The predicted octanol–water partition coefficient (Wildman–Crippen LogP) is 5.78. The van der Waals surface area contributed by atoms with Crippen molar-refractivity contribution in [2.75, 3.05) is 26.2 Å².